The lowest BCUT2D eigenvalue weighted by Gasteiger charge is -2.27. The Hall–Kier alpha value is -2.55. The van der Waals surface area contributed by atoms with E-state index < -0.39 is 20.0 Å². The van der Waals surface area contributed by atoms with E-state index >= 15 is 0 Å². The molecule has 82 heavy (non-hydrogen) atoms. The molecule has 0 radical (unpaired) electrons. The second kappa shape index (κ2) is 61.5. The van der Waals surface area contributed by atoms with Crippen molar-refractivity contribution >= 4 is 19.7 Å². The number of carbonyl (C=O) groups excluding carboxylic acids is 2. The lowest BCUT2D eigenvalue weighted by molar-refractivity contribution is -0.870. The fraction of sp³-hybridized carbons (Fsp3) is 0.806. The van der Waals surface area contributed by atoms with E-state index in [0.29, 0.717) is 17.4 Å². The summed E-state index contributed by atoms with van der Waals surface area (Å²) >= 11 is 0. The second-order valence-electron chi connectivity index (χ2n) is 24.7. The Kier molecular flexibility index (Phi) is 59.6. The average molecular weight is 1170 g/mol. The predicted molar refractivity (Wildman–Crippen MR) is 355 cm³/mol. The molecular formula is C72H134N2O7P+. The maximum absolute atomic E-state index is 13.6. The molecule has 10 heteroatoms. The van der Waals surface area contributed by atoms with Gasteiger partial charge in [0.1, 0.15) is 19.3 Å². The molecule has 3 unspecified atom stereocenters. The van der Waals surface area contributed by atoms with Gasteiger partial charge in [-0.15, -0.1) is 0 Å². The number of ether oxygens (including phenoxy) is 1. The van der Waals surface area contributed by atoms with Crippen LogP contribution in [0.4, 0.5) is 0 Å². The number of allylic oxidation sites excluding steroid dienone is 11. The van der Waals surface area contributed by atoms with Crippen molar-refractivity contribution in [3.63, 3.8) is 0 Å². The van der Waals surface area contributed by atoms with Gasteiger partial charge in [-0.3, -0.25) is 18.6 Å². The minimum atomic E-state index is -4.46. The highest BCUT2D eigenvalue weighted by Crippen LogP contribution is 2.43. The van der Waals surface area contributed by atoms with Crippen LogP contribution in [0.3, 0.4) is 0 Å². The normalized spacial score (nSPS) is 14.0. The van der Waals surface area contributed by atoms with Crippen molar-refractivity contribution in [3.05, 3.63) is 72.9 Å². The molecule has 0 aromatic carbocycles. The second-order valence-corrected chi connectivity index (χ2v) is 26.1. The largest absolute Gasteiger partial charge is 0.472 e. The summed E-state index contributed by atoms with van der Waals surface area (Å²) in [5.41, 5.74) is 0. The summed E-state index contributed by atoms with van der Waals surface area (Å²) in [5, 5.41) is 3.07. The van der Waals surface area contributed by atoms with Gasteiger partial charge in [0.05, 0.1) is 33.8 Å². The first-order chi connectivity index (χ1) is 39.9. The van der Waals surface area contributed by atoms with Crippen LogP contribution in [0.5, 0.6) is 0 Å². The minimum Gasteiger partial charge on any atom is -0.456 e. The van der Waals surface area contributed by atoms with Crippen LogP contribution in [0.15, 0.2) is 72.9 Å². The van der Waals surface area contributed by atoms with Gasteiger partial charge < -0.3 is 19.4 Å². The summed E-state index contributed by atoms with van der Waals surface area (Å²) in [6, 6.07) is -0.854. The highest BCUT2D eigenvalue weighted by atomic mass is 31.2. The van der Waals surface area contributed by atoms with Crippen LogP contribution in [0, 0.1) is 0 Å². The van der Waals surface area contributed by atoms with E-state index in [0.717, 1.165) is 89.9 Å². The first-order valence-electron chi connectivity index (χ1n) is 34.8. The van der Waals surface area contributed by atoms with Gasteiger partial charge in [0.25, 0.3) is 0 Å². The summed E-state index contributed by atoms with van der Waals surface area (Å²) in [4.78, 5) is 37.9. The quantitative estimate of drug-likeness (QED) is 0.0205. The van der Waals surface area contributed by atoms with E-state index in [2.05, 4.69) is 86.8 Å². The molecule has 1 amide bonds. The van der Waals surface area contributed by atoms with E-state index in [1.807, 2.05) is 33.3 Å². The van der Waals surface area contributed by atoms with Gasteiger partial charge in [-0.05, 0) is 102 Å². The third kappa shape index (κ3) is 62.0. The molecule has 0 bridgehead atoms. The maximum Gasteiger partial charge on any atom is 0.472 e. The van der Waals surface area contributed by atoms with Crippen LogP contribution in [0.25, 0.3) is 0 Å². The molecule has 0 spiro atoms. The van der Waals surface area contributed by atoms with Crippen molar-refractivity contribution in [2.75, 3.05) is 40.9 Å². The van der Waals surface area contributed by atoms with Gasteiger partial charge in [-0.1, -0.05) is 280 Å². The molecule has 0 aromatic rings. The number of esters is 1. The van der Waals surface area contributed by atoms with E-state index in [-0.39, 0.29) is 31.5 Å². The molecule has 0 aromatic heterocycles. The summed E-state index contributed by atoms with van der Waals surface area (Å²) in [6.07, 6.45) is 80.4. The number of hydrogen-bond donors (Lipinski definition) is 2. The molecule has 0 saturated heterocycles. The van der Waals surface area contributed by atoms with Gasteiger partial charge >= 0.3 is 13.8 Å². The molecule has 0 saturated carbocycles. The van der Waals surface area contributed by atoms with Crippen LogP contribution >= 0.6 is 7.82 Å². The molecule has 0 fully saturated rings. The van der Waals surface area contributed by atoms with Gasteiger partial charge in [0.15, 0.2) is 0 Å². The molecule has 478 valence electrons. The first-order valence-corrected chi connectivity index (χ1v) is 36.3. The van der Waals surface area contributed by atoms with E-state index in [4.69, 9.17) is 13.8 Å². The summed E-state index contributed by atoms with van der Waals surface area (Å²) in [6.45, 7) is 6.99. The number of quaternary nitrogens is 1. The van der Waals surface area contributed by atoms with Crippen LogP contribution in [-0.2, 0) is 27.9 Å². The van der Waals surface area contributed by atoms with Crippen LogP contribution in [-0.4, -0.2) is 74.3 Å². The summed E-state index contributed by atoms with van der Waals surface area (Å²) in [5.74, 6) is -0.506. The molecule has 0 heterocycles. The van der Waals surface area contributed by atoms with Gasteiger partial charge in [0, 0.05) is 12.8 Å². The number of carbonyl (C=O) groups is 2. The van der Waals surface area contributed by atoms with Crippen LogP contribution in [0.2, 0.25) is 0 Å². The molecule has 9 nitrogen and oxygen atoms in total. The highest BCUT2D eigenvalue weighted by molar-refractivity contribution is 7.47. The number of unbranched alkanes of at least 4 members (excludes halogenated alkanes) is 37. The third-order valence-corrected chi connectivity index (χ3v) is 16.4. The van der Waals surface area contributed by atoms with Crippen LogP contribution in [0.1, 0.15) is 323 Å². The molecule has 0 rings (SSSR count). The number of amides is 1. The topological polar surface area (TPSA) is 111 Å². The molecular weight excluding hydrogens is 1040 g/mol. The Morgan fingerprint density at radius 3 is 1.13 bits per heavy atom. The van der Waals surface area contributed by atoms with E-state index in [9.17, 15) is 19.0 Å². The van der Waals surface area contributed by atoms with Crippen molar-refractivity contribution in [3.8, 4) is 0 Å². The standard InChI is InChI=1S/C72H133N2O7P/c1-7-10-13-16-19-22-25-28-30-32-34-36-37-39-40-42-44-46-49-52-55-58-61-64-71(75)73-69(68-80-82(77,78)79-67-66-74(4,5)6)70(63-60-57-54-51-48-27-24-21-18-15-12-9-3)81-72(76)65-62-59-56-53-50-47-45-43-41-38-35-33-31-29-26-23-20-17-14-11-8-2/h19-20,22-23,28-31,35,38,60,63,69-70H,7-18,21,24-27,32-34,36-37,39-59,61-62,64-68H2,1-6H3,(H-,73,75,77,78)/p+1/b22-19-,23-20-,30-28-,31-29-,38-35-,63-60+. The van der Waals surface area contributed by atoms with E-state index in [1.54, 1.807) is 0 Å². The lowest BCUT2D eigenvalue weighted by Crippen LogP contribution is -2.47. The number of nitrogens with zero attached hydrogens (tertiary/aromatic N) is 1. The molecule has 0 aliphatic carbocycles. The zero-order valence-corrected chi connectivity index (χ0v) is 55.6. The number of nitrogens with one attached hydrogen (secondary N) is 1. The smallest absolute Gasteiger partial charge is 0.456 e. The number of phosphoric ester groups is 1. The van der Waals surface area contributed by atoms with Crippen molar-refractivity contribution in [2.45, 2.75) is 335 Å². The predicted octanol–water partition coefficient (Wildman–Crippen LogP) is 22.0. The number of rotatable bonds is 63. The van der Waals surface area contributed by atoms with E-state index in [1.165, 1.54) is 199 Å². The monoisotopic (exact) mass is 1170 g/mol. The average Bonchev–Trinajstić information content (AvgIpc) is 3.44. The first kappa shape index (κ1) is 79.5. The lowest BCUT2D eigenvalue weighted by atomic mass is 10.0. The van der Waals surface area contributed by atoms with Gasteiger partial charge in [-0.2, -0.15) is 0 Å². The highest BCUT2D eigenvalue weighted by Gasteiger charge is 2.30. The number of hydrogen-bond acceptors (Lipinski definition) is 6. The Bertz CT molecular complexity index is 1630. The zero-order chi connectivity index (χ0) is 60.0. The Balaban J connectivity index is 5.11. The fourth-order valence-electron chi connectivity index (χ4n) is 9.98. The SMILES string of the molecule is CCCCC/C=C\C/C=C\C/C=C\CCCCCCCCCCC(=O)OC(/C=C/CCCCCCCCCCCC)C(COP(=O)(O)OCC[N+](C)(C)C)NC(=O)CCCCCCCCCCCCCCC/C=C\C/C=C\CCCCC. The maximum atomic E-state index is 13.6. The summed E-state index contributed by atoms with van der Waals surface area (Å²) < 4.78 is 30.8. The minimum absolute atomic E-state index is 0.0375. The Labute approximate surface area is 508 Å². The zero-order valence-electron chi connectivity index (χ0n) is 54.7. The molecule has 0 aliphatic heterocycles. The number of phosphoric acid groups is 1. The van der Waals surface area contributed by atoms with Crippen LogP contribution < -0.4 is 5.32 Å². The molecule has 3 atom stereocenters. The van der Waals surface area contributed by atoms with Crippen molar-refractivity contribution in [2.24, 2.45) is 0 Å². The molecule has 2 N–H and O–H groups in total. The Morgan fingerprint density at radius 2 is 0.744 bits per heavy atom. The number of likely N-dealkylation sites (N-methyl/N-ethyl adjacent to an activating group) is 1. The third-order valence-electron chi connectivity index (χ3n) is 15.4. The van der Waals surface area contributed by atoms with Gasteiger partial charge in [-0.25, -0.2) is 4.57 Å². The summed E-state index contributed by atoms with van der Waals surface area (Å²) in [7, 11) is 1.49. The fourth-order valence-corrected chi connectivity index (χ4v) is 10.7. The van der Waals surface area contributed by atoms with Gasteiger partial charge in [0.2, 0.25) is 5.91 Å². The molecule has 0 aliphatic rings. The van der Waals surface area contributed by atoms with Crippen molar-refractivity contribution in [1.82, 2.24) is 5.32 Å². The Morgan fingerprint density at radius 1 is 0.427 bits per heavy atom. The van der Waals surface area contributed by atoms with Crippen molar-refractivity contribution in [1.29, 1.82) is 0 Å². The van der Waals surface area contributed by atoms with Crippen molar-refractivity contribution < 1.29 is 37.3 Å².